The predicted molar refractivity (Wildman–Crippen MR) is 172 cm³/mol. The number of morpholine rings is 1. The molecule has 2 aliphatic heterocycles. The van der Waals surface area contributed by atoms with E-state index in [-0.39, 0.29) is 29.2 Å². The van der Waals surface area contributed by atoms with Crippen LogP contribution in [0.1, 0.15) is 66.6 Å². The van der Waals surface area contributed by atoms with Crippen LogP contribution in [0.3, 0.4) is 0 Å². The molecule has 0 bridgehead atoms. The molecule has 9 nitrogen and oxygen atoms in total. The summed E-state index contributed by atoms with van der Waals surface area (Å²) < 4.78 is 11.0. The molecule has 0 unspecified atom stereocenters. The van der Waals surface area contributed by atoms with Gasteiger partial charge in [-0.05, 0) is 68.0 Å². The number of anilines is 1. The Hall–Kier alpha value is -3.76. The van der Waals surface area contributed by atoms with E-state index in [0.29, 0.717) is 38.3 Å². The molecule has 2 fully saturated rings. The van der Waals surface area contributed by atoms with Gasteiger partial charge in [0.15, 0.2) is 5.78 Å². The molecule has 0 radical (unpaired) electrons. The van der Waals surface area contributed by atoms with Crippen molar-refractivity contribution in [2.75, 3.05) is 44.3 Å². The first-order valence-electron chi connectivity index (χ1n) is 15.2. The lowest BCUT2D eigenvalue weighted by atomic mass is 9.75. The molecule has 3 aliphatic rings. The summed E-state index contributed by atoms with van der Waals surface area (Å²) >= 11 is 1.61. The number of rotatable bonds is 5. The molecule has 2 aromatic heterocycles. The van der Waals surface area contributed by atoms with Crippen LogP contribution < -0.4 is 10.2 Å². The highest BCUT2D eigenvalue weighted by molar-refractivity contribution is 7.19. The summed E-state index contributed by atoms with van der Waals surface area (Å²) in [7, 11) is 0. The maximum Gasteiger partial charge on any atom is 0.410 e. The summed E-state index contributed by atoms with van der Waals surface area (Å²) in [6.45, 7) is 13.6. The van der Waals surface area contributed by atoms with Crippen molar-refractivity contribution >= 4 is 34.1 Å². The Morgan fingerprint density at radius 3 is 2.55 bits per heavy atom. The maximum absolute atomic E-state index is 13.3. The van der Waals surface area contributed by atoms with Crippen molar-refractivity contribution in [3.05, 3.63) is 58.6 Å². The zero-order valence-corrected chi connectivity index (χ0v) is 26.9. The molecule has 1 aromatic carbocycles. The molecular weight excluding hydrogens is 576 g/mol. The average Bonchev–Trinajstić information content (AvgIpc) is 3.33. The zero-order chi connectivity index (χ0) is 31.2. The minimum atomic E-state index is -0.557. The van der Waals surface area contributed by atoms with Crippen LogP contribution in [0.4, 0.5) is 9.80 Å². The monoisotopic (exact) mass is 616 g/mol. The Bertz CT molecular complexity index is 1600. The van der Waals surface area contributed by atoms with Gasteiger partial charge >= 0.3 is 6.09 Å². The third kappa shape index (κ3) is 6.37. The van der Waals surface area contributed by atoms with Crippen LogP contribution in [0.25, 0.3) is 22.4 Å². The van der Waals surface area contributed by atoms with Crippen molar-refractivity contribution in [1.82, 2.24) is 15.2 Å². The van der Waals surface area contributed by atoms with Crippen LogP contribution in [0, 0.1) is 5.41 Å². The summed E-state index contributed by atoms with van der Waals surface area (Å²) in [4.78, 5) is 48.2. The number of hydrogen-bond donors (Lipinski definition) is 1. The molecule has 0 saturated carbocycles. The number of fused-ring (bicyclic) bond motifs is 1. The summed E-state index contributed by atoms with van der Waals surface area (Å²) in [5, 5.41) is 4.15. The standard InChI is InChI=1S/C34H40N4O5S/c1-33(2,3)43-32(41)38-19-24(20-38)36-30(40)23-8-6-7-21(15-23)26-16-22(9-10-35-26)28-25-17-34(4,5)18-27(39)29(25)44-31(28)37-11-13-42-14-12-37/h6-10,15-16,24H,11-14,17-20H2,1-5H3,(H,36,40). The molecule has 44 heavy (non-hydrogen) atoms. The Balaban J connectivity index is 1.24. The van der Waals surface area contributed by atoms with Crippen molar-refractivity contribution in [3.8, 4) is 22.4 Å². The minimum absolute atomic E-state index is 0.107. The van der Waals surface area contributed by atoms with E-state index in [4.69, 9.17) is 9.47 Å². The normalized spacial score (nSPS) is 18.4. The molecule has 3 aromatic rings. The molecule has 0 spiro atoms. The first kappa shape index (κ1) is 30.3. The molecule has 2 saturated heterocycles. The van der Waals surface area contributed by atoms with Gasteiger partial charge in [-0.1, -0.05) is 26.0 Å². The SMILES string of the molecule is CC1(C)CC(=O)c2sc(N3CCOCC3)c(-c3ccnc(-c4cccc(C(=O)NC5CN(C(=O)OC(C)(C)C)C5)c4)c3)c2C1. The summed E-state index contributed by atoms with van der Waals surface area (Å²) in [5.41, 5.74) is 4.71. The lowest BCUT2D eigenvalue weighted by molar-refractivity contribution is 0.00532. The first-order chi connectivity index (χ1) is 20.9. The minimum Gasteiger partial charge on any atom is -0.444 e. The second-order valence-corrected chi connectivity index (χ2v) is 14.7. The van der Waals surface area contributed by atoms with Crippen LogP contribution in [0.5, 0.6) is 0 Å². The summed E-state index contributed by atoms with van der Waals surface area (Å²) in [6.07, 6.45) is 2.83. The number of nitrogens with one attached hydrogen (secondary N) is 1. The molecule has 232 valence electrons. The Morgan fingerprint density at radius 1 is 1.07 bits per heavy atom. The van der Waals surface area contributed by atoms with E-state index in [1.807, 2.05) is 45.0 Å². The Kier molecular flexibility index (Phi) is 8.00. The number of thiophene rings is 1. The molecule has 1 N–H and O–H groups in total. The van der Waals surface area contributed by atoms with Gasteiger partial charge in [-0.3, -0.25) is 14.6 Å². The van der Waals surface area contributed by atoms with E-state index in [0.717, 1.165) is 57.3 Å². The molecule has 10 heteroatoms. The van der Waals surface area contributed by atoms with Gasteiger partial charge in [0, 0.05) is 55.5 Å². The van der Waals surface area contributed by atoms with Gasteiger partial charge in [0.1, 0.15) is 5.60 Å². The van der Waals surface area contributed by atoms with Gasteiger partial charge in [0.25, 0.3) is 5.91 Å². The Morgan fingerprint density at radius 2 is 1.82 bits per heavy atom. The second-order valence-electron chi connectivity index (χ2n) is 13.7. The third-order valence-electron chi connectivity index (χ3n) is 8.17. The predicted octanol–water partition coefficient (Wildman–Crippen LogP) is 5.82. The molecule has 0 atom stereocenters. The highest BCUT2D eigenvalue weighted by Gasteiger charge is 2.37. The number of likely N-dealkylation sites (tertiary alicyclic amines) is 1. The fourth-order valence-corrected chi connectivity index (χ4v) is 7.40. The van der Waals surface area contributed by atoms with E-state index in [9.17, 15) is 14.4 Å². The molecule has 2 amide bonds. The first-order valence-corrected chi connectivity index (χ1v) is 16.1. The number of pyridine rings is 1. The smallest absolute Gasteiger partial charge is 0.410 e. The van der Waals surface area contributed by atoms with E-state index >= 15 is 0 Å². The van der Waals surface area contributed by atoms with Gasteiger partial charge in [-0.15, -0.1) is 11.3 Å². The fraction of sp³-hybridized carbons (Fsp3) is 0.471. The van der Waals surface area contributed by atoms with Gasteiger partial charge in [0.05, 0.1) is 34.8 Å². The van der Waals surface area contributed by atoms with E-state index in [1.54, 1.807) is 28.5 Å². The number of ether oxygens (including phenoxy) is 2. The number of ketones is 1. The zero-order valence-electron chi connectivity index (χ0n) is 26.1. The van der Waals surface area contributed by atoms with E-state index in [2.05, 4.69) is 35.1 Å². The Labute approximate surface area is 262 Å². The number of nitrogens with zero attached hydrogens (tertiary/aromatic N) is 3. The number of benzene rings is 1. The van der Waals surface area contributed by atoms with Gasteiger partial charge in [0.2, 0.25) is 0 Å². The lowest BCUT2D eigenvalue weighted by Crippen LogP contribution is -2.61. The van der Waals surface area contributed by atoms with Gasteiger partial charge < -0.3 is 24.6 Å². The van der Waals surface area contributed by atoms with Crippen LogP contribution in [0.15, 0.2) is 42.6 Å². The van der Waals surface area contributed by atoms with E-state index in [1.165, 1.54) is 0 Å². The average molecular weight is 617 g/mol. The molecule has 4 heterocycles. The summed E-state index contributed by atoms with van der Waals surface area (Å²) in [6, 6.07) is 11.4. The van der Waals surface area contributed by atoms with Crippen LogP contribution in [0.2, 0.25) is 0 Å². The largest absolute Gasteiger partial charge is 0.444 e. The number of amides is 2. The number of carbonyl (C=O) groups is 3. The third-order valence-corrected chi connectivity index (χ3v) is 9.51. The highest BCUT2D eigenvalue weighted by Crippen LogP contribution is 2.49. The lowest BCUT2D eigenvalue weighted by Gasteiger charge is -2.39. The van der Waals surface area contributed by atoms with Crippen molar-refractivity contribution in [3.63, 3.8) is 0 Å². The van der Waals surface area contributed by atoms with Gasteiger partial charge in [-0.2, -0.15) is 0 Å². The highest BCUT2D eigenvalue weighted by atomic mass is 32.1. The van der Waals surface area contributed by atoms with Crippen LogP contribution in [-0.2, 0) is 15.9 Å². The summed E-state index contributed by atoms with van der Waals surface area (Å²) in [5.74, 6) is 0.0229. The second kappa shape index (κ2) is 11.6. The number of carbonyl (C=O) groups excluding carboxylic acids is 3. The number of Topliss-reactive ketones (excluding diaryl/α,β-unsaturated/α-hetero) is 1. The van der Waals surface area contributed by atoms with Crippen molar-refractivity contribution in [2.24, 2.45) is 5.41 Å². The van der Waals surface area contributed by atoms with Crippen molar-refractivity contribution in [2.45, 2.75) is 59.1 Å². The van der Waals surface area contributed by atoms with Crippen molar-refractivity contribution in [1.29, 1.82) is 0 Å². The van der Waals surface area contributed by atoms with Crippen LogP contribution >= 0.6 is 11.3 Å². The number of hydrogen-bond acceptors (Lipinski definition) is 8. The molecule has 1 aliphatic carbocycles. The quantitative estimate of drug-likeness (QED) is 0.386. The van der Waals surface area contributed by atoms with Crippen LogP contribution in [-0.4, -0.2) is 78.7 Å². The molecule has 6 rings (SSSR count). The number of aromatic nitrogens is 1. The van der Waals surface area contributed by atoms with Gasteiger partial charge in [-0.25, -0.2) is 4.79 Å². The topological polar surface area (TPSA) is 101 Å². The van der Waals surface area contributed by atoms with Crippen molar-refractivity contribution < 1.29 is 23.9 Å². The maximum atomic E-state index is 13.3. The van der Waals surface area contributed by atoms with E-state index < -0.39 is 5.60 Å². The molecular formula is C34H40N4O5S. The fourth-order valence-electron chi connectivity index (χ4n) is 6.07.